The SMILES string of the molecule is CCc1cc2[nH]cc(C(=O)O)c2cc1-c1ccc(OCCCN2CCOCC2)cc1. The Morgan fingerprint density at radius 1 is 1.20 bits per heavy atom. The van der Waals surface area contributed by atoms with Gasteiger partial charge in [-0.05, 0) is 53.8 Å². The van der Waals surface area contributed by atoms with Crippen molar-refractivity contribution in [1.29, 1.82) is 0 Å². The van der Waals surface area contributed by atoms with E-state index >= 15 is 0 Å². The van der Waals surface area contributed by atoms with Crippen LogP contribution in [0.1, 0.15) is 29.3 Å². The minimum Gasteiger partial charge on any atom is -0.494 e. The van der Waals surface area contributed by atoms with Crippen molar-refractivity contribution < 1.29 is 19.4 Å². The number of fused-ring (bicyclic) bond motifs is 1. The Morgan fingerprint density at radius 2 is 1.97 bits per heavy atom. The third-order valence-electron chi connectivity index (χ3n) is 5.67. The highest BCUT2D eigenvalue weighted by molar-refractivity contribution is 6.04. The Bertz CT molecular complexity index is 1000. The number of aryl methyl sites for hydroxylation is 1. The largest absolute Gasteiger partial charge is 0.494 e. The molecule has 1 saturated heterocycles. The molecule has 0 saturated carbocycles. The molecule has 2 heterocycles. The number of aromatic amines is 1. The molecule has 1 fully saturated rings. The summed E-state index contributed by atoms with van der Waals surface area (Å²) in [6.45, 7) is 7.48. The first-order valence-corrected chi connectivity index (χ1v) is 10.6. The van der Waals surface area contributed by atoms with Crippen LogP contribution in [0.4, 0.5) is 0 Å². The molecule has 2 N–H and O–H groups in total. The zero-order chi connectivity index (χ0) is 20.9. The Balaban J connectivity index is 1.44. The summed E-state index contributed by atoms with van der Waals surface area (Å²) < 4.78 is 11.3. The second kappa shape index (κ2) is 9.32. The van der Waals surface area contributed by atoms with Gasteiger partial charge < -0.3 is 19.6 Å². The number of carboxylic acid groups (broad SMARTS) is 1. The number of nitrogens with zero attached hydrogens (tertiary/aromatic N) is 1. The molecule has 0 spiro atoms. The second-order valence-corrected chi connectivity index (χ2v) is 7.60. The van der Waals surface area contributed by atoms with E-state index in [-0.39, 0.29) is 0 Å². The number of morpholine rings is 1. The van der Waals surface area contributed by atoms with Crippen molar-refractivity contribution >= 4 is 16.9 Å². The van der Waals surface area contributed by atoms with E-state index in [4.69, 9.17) is 9.47 Å². The fourth-order valence-corrected chi connectivity index (χ4v) is 3.99. The van der Waals surface area contributed by atoms with Crippen LogP contribution >= 0.6 is 0 Å². The van der Waals surface area contributed by atoms with Crippen LogP contribution in [0.2, 0.25) is 0 Å². The van der Waals surface area contributed by atoms with Crippen LogP contribution in [0, 0.1) is 0 Å². The van der Waals surface area contributed by atoms with Crippen molar-refractivity contribution in [2.75, 3.05) is 39.5 Å². The van der Waals surface area contributed by atoms with E-state index < -0.39 is 5.97 Å². The smallest absolute Gasteiger partial charge is 0.337 e. The molecule has 0 aliphatic carbocycles. The van der Waals surface area contributed by atoms with Crippen molar-refractivity contribution in [2.45, 2.75) is 19.8 Å². The lowest BCUT2D eigenvalue weighted by Crippen LogP contribution is -2.37. The average molecular weight is 408 g/mol. The van der Waals surface area contributed by atoms with Crippen LogP contribution in [0.5, 0.6) is 5.75 Å². The molecular weight excluding hydrogens is 380 g/mol. The van der Waals surface area contributed by atoms with Gasteiger partial charge in [-0.1, -0.05) is 19.1 Å². The van der Waals surface area contributed by atoms with Crippen LogP contribution in [0.3, 0.4) is 0 Å². The molecule has 0 unspecified atom stereocenters. The normalized spacial score (nSPS) is 14.8. The molecule has 1 aliphatic heterocycles. The summed E-state index contributed by atoms with van der Waals surface area (Å²) in [6.07, 6.45) is 3.42. The number of hydrogen-bond acceptors (Lipinski definition) is 4. The van der Waals surface area contributed by atoms with Gasteiger partial charge in [-0.3, -0.25) is 4.90 Å². The van der Waals surface area contributed by atoms with Gasteiger partial charge in [0.25, 0.3) is 0 Å². The van der Waals surface area contributed by atoms with E-state index in [1.54, 1.807) is 6.20 Å². The number of aromatic nitrogens is 1. The quantitative estimate of drug-likeness (QED) is 0.547. The summed E-state index contributed by atoms with van der Waals surface area (Å²) in [6, 6.07) is 12.1. The molecule has 0 radical (unpaired) electrons. The molecule has 1 aliphatic rings. The molecule has 0 bridgehead atoms. The third-order valence-corrected chi connectivity index (χ3v) is 5.67. The van der Waals surface area contributed by atoms with Crippen molar-refractivity contribution in [2.24, 2.45) is 0 Å². The zero-order valence-corrected chi connectivity index (χ0v) is 17.3. The summed E-state index contributed by atoms with van der Waals surface area (Å²) in [5.74, 6) is -0.0648. The van der Waals surface area contributed by atoms with E-state index in [0.717, 1.165) is 73.5 Å². The molecule has 30 heavy (non-hydrogen) atoms. The first-order chi connectivity index (χ1) is 14.7. The minimum atomic E-state index is -0.919. The first kappa shape index (κ1) is 20.4. The van der Waals surface area contributed by atoms with Gasteiger partial charge in [0.05, 0.1) is 25.4 Å². The fraction of sp³-hybridized carbons (Fsp3) is 0.375. The number of rotatable bonds is 8. The van der Waals surface area contributed by atoms with Gasteiger partial charge in [-0.25, -0.2) is 4.79 Å². The lowest BCUT2D eigenvalue weighted by Gasteiger charge is -2.26. The zero-order valence-electron chi connectivity index (χ0n) is 17.3. The Kier molecular flexibility index (Phi) is 6.35. The fourth-order valence-electron chi connectivity index (χ4n) is 3.99. The average Bonchev–Trinajstić information content (AvgIpc) is 3.20. The predicted octanol–water partition coefficient (Wildman–Crippen LogP) is 4.20. The monoisotopic (exact) mass is 408 g/mol. The van der Waals surface area contributed by atoms with Crippen LogP contribution < -0.4 is 4.74 Å². The second-order valence-electron chi connectivity index (χ2n) is 7.60. The van der Waals surface area contributed by atoms with E-state index in [1.165, 1.54) is 5.56 Å². The number of H-pyrrole nitrogens is 1. The summed E-state index contributed by atoms with van der Waals surface area (Å²) in [5.41, 5.74) is 4.46. The van der Waals surface area contributed by atoms with Gasteiger partial charge in [0, 0.05) is 36.7 Å². The number of hydrogen-bond donors (Lipinski definition) is 2. The number of carbonyl (C=O) groups is 1. The van der Waals surface area contributed by atoms with Crippen molar-refractivity contribution in [1.82, 2.24) is 9.88 Å². The molecule has 158 valence electrons. The Morgan fingerprint density at radius 3 is 2.67 bits per heavy atom. The third kappa shape index (κ3) is 4.50. The maximum atomic E-state index is 11.5. The summed E-state index contributed by atoms with van der Waals surface area (Å²) in [4.78, 5) is 17.0. The first-order valence-electron chi connectivity index (χ1n) is 10.6. The van der Waals surface area contributed by atoms with Crippen LogP contribution in [0.25, 0.3) is 22.0 Å². The maximum Gasteiger partial charge on any atom is 0.337 e. The minimum absolute atomic E-state index is 0.300. The van der Waals surface area contributed by atoms with E-state index in [1.807, 2.05) is 36.4 Å². The lowest BCUT2D eigenvalue weighted by atomic mass is 9.95. The van der Waals surface area contributed by atoms with Gasteiger partial charge in [0.2, 0.25) is 0 Å². The highest BCUT2D eigenvalue weighted by Gasteiger charge is 2.14. The number of carboxylic acids is 1. The van der Waals surface area contributed by atoms with Gasteiger partial charge in [-0.15, -0.1) is 0 Å². The van der Waals surface area contributed by atoms with E-state index in [9.17, 15) is 9.90 Å². The summed E-state index contributed by atoms with van der Waals surface area (Å²) in [5, 5.41) is 10.2. The van der Waals surface area contributed by atoms with Crippen molar-refractivity contribution in [3.8, 4) is 16.9 Å². The van der Waals surface area contributed by atoms with E-state index in [0.29, 0.717) is 12.2 Å². The van der Waals surface area contributed by atoms with Crippen LogP contribution in [0.15, 0.2) is 42.6 Å². The van der Waals surface area contributed by atoms with Crippen LogP contribution in [-0.4, -0.2) is 60.4 Å². The molecule has 1 aromatic heterocycles. The highest BCUT2D eigenvalue weighted by Crippen LogP contribution is 2.31. The molecule has 2 aromatic carbocycles. The standard InChI is InChI=1S/C24H28N2O4/c1-2-17-14-23-21(22(16-25-23)24(27)28)15-20(17)18-4-6-19(7-5-18)30-11-3-8-26-9-12-29-13-10-26/h4-7,14-16,25H,2-3,8-13H2,1H3,(H,27,28). The number of aromatic carboxylic acids is 1. The predicted molar refractivity (Wildman–Crippen MR) is 117 cm³/mol. The van der Waals surface area contributed by atoms with Crippen LogP contribution in [-0.2, 0) is 11.2 Å². The highest BCUT2D eigenvalue weighted by atomic mass is 16.5. The molecule has 3 aromatic rings. The van der Waals surface area contributed by atoms with Gasteiger partial charge in [0.15, 0.2) is 0 Å². The Labute approximate surface area is 176 Å². The lowest BCUT2D eigenvalue weighted by molar-refractivity contribution is 0.0358. The van der Waals surface area contributed by atoms with Crippen molar-refractivity contribution in [3.63, 3.8) is 0 Å². The maximum absolute atomic E-state index is 11.5. The molecule has 0 amide bonds. The van der Waals surface area contributed by atoms with Gasteiger partial charge in [-0.2, -0.15) is 0 Å². The van der Waals surface area contributed by atoms with E-state index in [2.05, 4.69) is 16.8 Å². The molecule has 6 nitrogen and oxygen atoms in total. The van der Waals surface area contributed by atoms with Gasteiger partial charge in [0.1, 0.15) is 5.75 Å². The summed E-state index contributed by atoms with van der Waals surface area (Å²) in [7, 11) is 0. The molecule has 6 heteroatoms. The number of benzene rings is 2. The number of nitrogens with one attached hydrogen (secondary N) is 1. The molecular formula is C24H28N2O4. The molecule has 0 atom stereocenters. The summed E-state index contributed by atoms with van der Waals surface area (Å²) >= 11 is 0. The Hall–Kier alpha value is -2.83. The number of ether oxygens (including phenoxy) is 2. The topological polar surface area (TPSA) is 74.8 Å². The molecule has 4 rings (SSSR count). The van der Waals surface area contributed by atoms with Gasteiger partial charge >= 0.3 is 5.97 Å². The van der Waals surface area contributed by atoms with Crippen molar-refractivity contribution in [3.05, 3.63) is 53.7 Å².